The van der Waals surface area contributed by atoms with E-state index >= 15 is 0 Å². The quantitative estimate of drug-likeness (QED) is 0.586. The Morgan fingerprint density at radius 3 is 2.42 bits per heavy atom. The number of amides is 1. The van der Waals surface area contributed by atoms with Crippen LogP contribution in [0, 0.1) is 5.92 Å². The molecule has 0 aromatic heterocycles. The van der Waals surface area contributed by atoms with Gasteiger partial charge in [0, 0.05) is 39.1 Å². The molecule has 1 aromatic rings. The van der Waals surface area contributed by atoms with Crippen molar-refractivity contribution in [2.24, 2.45) is 5.92 Å². The number of benzene rings is 1. The van der Waals surface area contributed by atoms with Gasteiger partial charge in [0.25, 0.3) is 0 Å². The number of sulfonamides is 2. The van der Waals surface area contributed by atoms with E-state index in [0.29, 0.717) is 58.8 Å². The summed E-state index contributed by atoms with van der Waals surface area (Å²) in [6.07, 6.45) is 3.75. The zero-order chi connectivity index (χ0) is 22.5. The third-order valence-corrected chi connectivity index (χ3v) is 8.27. The van der Waals surface area contributed by atoms with E-state index in [-0.39, 0.29) is 16.7 Å². The van der Waals surface area contributed by atoms with Crippen LogP contribution in [-0.4, -0.2) is 84.1 Å². The Balaban J connectivity index is 1.51. The largest absolute Gasteiger partial charge is 0.379 e. The van der Waals surface area contributed by atoms with E-state index in [1.165, 1.54) is 4.31 Å². The maximum Gasteiger partial charge on any atom is 0.243 e. The van der Waals surface area contributed by atoms with Crippen LogP contribution in [0.2, 0.25) is 0 Å². The predicted octanol–water partition coefficient (Wildman–Crippen LogP) is 0.428. The van der Waals surface area contributed by atoms with Crippen LogP contribution in [0.4, 0.5) is 0 Å². The fraction of sp³-hybridized carbons (Fsp3) is 0.650. The molecular weight excluding hydrogens is 442 g/mol. The molecule has 1 unspecified atom stereocenters. The summed E-state index contributed by atoms with van der Waals surface area (Å²) in [4.78, 5) is 14.7. The van der Waals surface area contributed by atoms with Crippen LogP contribution in [0.25, 0.3) is 0 Å². The van der Waals surface area contributed by atoms with Gasteiger partial charge in [-0.3, -0.25) is 4.79 Å². The number of hydrogen-bond donors (Lipinski definition) is 1. The zero-order valence-electron chi connectivity index (χ0n) is 17.8. The standard InChI is InChI=1S/C20H31N3O6S2/c1-30(25,26)21-15-18-3-2-10-22(16-18)20(24)9-6-17-4-7-19(8-5-17)31(27,28)23-11-13-29-14-12-23/h4-5,7-8,18,21H,2-3,6,9-16H2,1H3. The van der Waals surface area contributed by atoms with E-state index in [1.807, 2.05) is 0 Å². The Morgan fingerprint density at radius 1 is 1.10 bits per heavy atom. The second kappa shape index (κ2) is 10.4. The predicted molar refractivity (Wildman–Crippen MR) is 116 cm³/mol. The van der Waals surface area contributed by atoms with E-state index < -0.39 is 20.0 Å². The number of hydrogen-bond acceptors (Lipinski definition) is 6. The number of nitrogens with one attached hydrogen (secondary N) is 1. The van der Waals surface area contributed by atoms with Crippen molar-refractivity contribution in [3.8, 4) is 0 Å². The van der Waals surface area contributed by atoms with Gasteiger partial charge in [0.2, 0.25) is 26.0 Å². The molecule has 2 aliphatic heterocycles. The molecule has 174 valence electrons. The summed E-state index contributed by atoms with van der Waals surface area (Å²) in [6, 6.07) is 6.71. The van der Waals surface area contributed by atoms with Crippen LogP contribution in [0.1, 0.15) is 24.8 Å². The Morgan fingerprint density at radius 2 is 1.77 bits per heavy atom. The summed E-state index contributed by atoms with van der Waals surface area (Å²) in [5.74, 6) is 0.158. The normalized spacial score (nSPS) is 21.2. The number of carbonyl (C=O) groups is 1. The van der Waals surface area contributed by atoms with Gasteiger partial charge < -0.3 is 9.64 Å². The minimum Gasteiger partial charge on any atom is -0.379 e. The Labute approximate surface area is 184 Å². The number of likely N-dealkylation sites (tertiary alicyclic amines) is 1. The van der Waals surface area contributed by atoms with E-state index in [1.54, 1.807) is 29.2 Å². The molecule has 2 aliphatic rings. The van der Waals surface area contributed by atoms with Crippen molar-refractivity contribution in [2.75, 3.05) is 52.2 Å². The minimum absolute atomic E-state index is 0.0362. The molecule has 1 atom stereocenters. The van der Waals surface area contributed by atoms with Crippen molar-refractivity contribution >= 4 is 26.0 Å². The molecule has 31 heavy (non-hydrogen) atoms. The second-order valence-corrected chi connectivity index (χ2v) is 11.9. The van der Waals surface area contributed by atoms with Crippen molar-refractivity contribution in [1.82, 2.24) is 13.9 Å². The van der Waals surface area contributed by atoms with E-state index in [2.05, 4.69) is 4.72 Å². The van der Waals surface area contributed by atoms with Gasteiger partial charge in [-0.25, -0.2) is 21.6 Å². The first kappa shape index (κ1) is 24.1. The highest BCUT2D eigenvalue weighted by Gasteiger charge is 2.26. The lowest BCUT2D eigenvalue weighted by Crippen LogP contribution is -2.43. The van der Waals surface area contributed by atoms with Crippen molar-refractivity contribution in [3.63, 3.8) is 0 Å². The number of rotatable bonds is 8. The molecule has 1 amide bonds. The van der Waals surface area contributed by atoms with Crippen LogP contribution >= 0.6 is 0 Å². The summed E-state index contributed by atoms with van der Waals surface area (Å²) in [5.41, 5.74) is 0.904. The smallest absolute Gasteiger partial charge is 0.243 e. The number of ether oxygens (including phenoxy) is 1. The third-order valence-electron chi connectivity index (χ3n) is 5.66. The SMILES string of the molecule is CS(=O)(=O)NCC1CCCN(C(=O)CCc2ccc(S(=O)(=O)N3CCOCC3)cc2)C1. The van der Waals surface area contributed by atoms with Crippen LogP contribution in [-0.2, 0) is 36.0 Å². The average molecular weight is 474 g/mol. The number of aryl methyl sites for hydroxylation is 1. The third kappa shape index (κ3) is 6.98. The summed E-state index contributed by atoms with van der Waals surface area (Å²) in [5, 5.41) is 0. The number of nitrogens with zero attached hydrogens (tertiary/aromatic N) is 2. The van der Waals surface area contributed by atoms with Gasteiger partial charge in [0.05, 0.1) is 24.4 Å². The molecule has 2 saturated heterocycles. The highest BCUT2D eigenvalue weighted by Crippen LogP contribution is 2.20. The zero-order valence-corrected chi connectivity index (χ0v) is 19.5. The first-order chi connectivity index (χ1) is 14.6. The lowest BCUT2D eigenvalue weighted by molar-refractivity contribution is -0.132. The first-order valence-electron chi connectivity index (χ1n) is 10.5. The number of carbonyl (C=O) groups excluding carboxylic acids is 1. The van der Waals surface area contributed by atoms with Gasteiger partial charge in [-0.2, -0.15) is 4.31 Å². The number of piperidine rings is 1. The van der Waals surface area contributed by atoms with Gasteiger partial charge in [0.1, 0.15) is 0 Å². The van der Waals surface area contributed by atoms with E-state index in [0.717, 1.165) is 24.7 Å². The average Bonchev–Trinajstić information content (AvgIpc) is 2.76. The van der Waals surface area contributed by atoms with Gasteiger partial charge in [-0.1, -0.05) is 12.1 Å². The molecule has 2 fully saturated rings. The summed E-state index contributed by atoms with van der Waals surface area (Å²) in [7, 11) is -6.75. The molecule has 0 radical (unpaired) electrons. The Kier molecular flexibility index (Phi) is 8.08. The molecule has 1 aromatic carbocycles. The van der Waals surface area contributed by atoms with Crippen molar-refractivity contribution < 1.29 is 26.4 Å². The summed E-state index contributed by atoms with van der Waals surface area (Å²) < 4.78 is 57.1. The fourth-order valence-corrected chi connectivity index (χ4v) is 5.85. The highest BCUT2D eigenvalue weighted by molar-refractivity contribution is 7.89. The van der Waals surface area contributed by atoms with Gasteiger partial charge in [-0.05, 0) is 42.9 Å². The molecule has 9 nitrogen and oxygen atoms in total. The lowest BCUT2D eigenvalue weighted by atomic mass is 9.97. The van der Waals surface area contributed by atoms with Crippen LogP contribution in [0.15, 0.2) is 29.2 Å². The van der Waals surface area contributed by atoms with Gasteiger partial charge in [0.15, 0.2) is 0 Å². The highest BCUT2D eigenvalue weighted by atomic mass is 32.2. The monoisotopic (exact) mass is 473 g/mol. The van der Waals surface area contributed by atoms with Crippen molar-refractivity contribution in [3.05, 3.63) is 29.8 Å². The molecule has 0 aliphatic carbocycles. The molecule has 0 saturated carbocycles. The maximum atomic E-state index is 12.7. The number of morpholine rings is 1. The van der Waals surface area contributed by atoms with E-state index in [4.69, 9.17) is 4.74 Å². The summed E-state index contributed by atoms with van der Waals surface area (Å²) in [6.45, 7) is 3.11. The first-order valence-corrected chi connectivity index (χ1v) is 13.9. The summed E-state index contributed by atoms with van der Waals surface area (Å²) >= 11 is 0. The molecule has 0 spiro atoms. The van der Waals surface area contributed by atoms with Crippen molar-refractivity contribution in [2.45, 2.75) is 30.6 Å². The van der Waals surface area contributed by atoms with E-state index in [9.17, 15) is 21.6 Å². The molecule has 0 bridgehead atoms. The lowest BCUT2D eigenvalue weighted by Gasteiger charge is -2.33. The maximum absolute atomic E-state index is 12.7. The second-order valence-electron chi connectivity index (χ2n) is 8.13. The van der Waals surface area contributed by atoms with Crippen LogP contribution < -0.4 is 4.72 Å². The van der Waals surface area contributed by atoms with Crippen molar-refractivity contribution in [1.29, 1.82) is 0 Å². The molecule has 3 rings (SSSR count). The van der Waals surface area contributed by atoms with Gasteiger partial charge >= 0.3 is 0 Å². The Hall–Kier alpha value is -1.53. The molecular formula is C20H31N3O6S2. The molecule has 1 N–H and O–H groups in total. The molecule has 2 heterocycles. The van der Waals surface area contributed by atoms with Crippen LogP contribution in [0.3, 0.4) is 0 Å². The Bertz CT molecular complexity index is 957. The fourth-order valence-electron chi connectivity index (χ4n) is 3.90. The van der Waals surface area contributed by atoms with Gasteiger partial charge in [-0.15, -0.1) is 0 Å². The minimum atomic E-state index is -3.52. The van der Waals surface area contributed by atoms with Crippen LogP contribution in [0.5, 0.6) is 0 Å². The molecule has 11 heteroatoms. The topological polar surface area (TPSA) is 113 Å².